The van der Waals surface area contributed by atoms with Crippen molar-refractivity contribution in [3.63, 3.8) is 0 Å². The Morgan fingerprint density at radius 2 is 1.96 bits per heavy atom. The van der Waals surface area contributed by atoms with Crippen molar-refractivity contribution in [3.8, 4) is 0 Å². The maximum absolute atomic E-state index is 12.7. The van der Waals surface area contributed by atoms with Gasteiger partial charge < -0.3 is 20.1 Å². The number of ether oxygens (including phenoxy) is 1. The Hall–Kier alpha value is -1.51. The van der Waals surface area contributed by atoms with E-state index >= 15 is 0 Å². The third-order valence-electron chi connectivity index (χ3n) is 5.54. The molecule has 8 heteroatoms. The highest BCUT2D eigenvalue weighted by molar-refractivity contribution is 6.07. The second-order valence-corrected chi connectivity index (χ2v) is 7.38. The molecule has 3 aliphatic heterocycles. The molecule has 1 unspecified atom stereocenters. The SMILES string of the molecule is COCCN1CCCC(O)(CN2CCC3(CC2)N=C(C)NC3=O)C1=O. The summed E-state index contributed by atoms with van der Waals surface area (Å²) in [5.41, 5.74) is -1.99. The van der Waals surface area contributed by atoms with Crippen molar-refractivity contribution < 1.29 is 19.4 Å². The van der Waals surface area contributed by atoms with Gasteiger partial charge in [0.25, 0.3) is 11.8 Å². The maximum atomic E-state index is 12.7. The van der Waals surface area contributed by atoms with Gasteiger partial charge in [0, 0.05) is 39.8 Å². The number of aliphatic imine (C=N–C) groups is 1. The largest absolute Gasteiger partial charge is 0.383 e. The predicted octanol–water partition coefficient (Wildman–Crippen LogP) is -0.631. The molecule has 25 heavy (non-hydrogen) atoms. The molecule has 0 radical (unpaired) electrons. The topological polar surface area (TPSA) is 94.5 Å². The predicted molar refractivity (Wildman–Crippen MR) is 92.3 cm³/mol. The van der Waals surface area contributed by atoms with Gasteiger partial charge in [0.2, 0.25) is 0 Å². The Kier molecular flexibility index (Phi) is 5.13. The van der Waals surface area contributed by atoms with Gasteiger partial charge >= 0.3 is 0 Å². The molecule has 0 aliphatic carbocycles. The van der Waals surface area contributed by atoms with Crippen LogP contribution in [0.1, 0.15) is 32.6 Å². The molecule has 0 saturated carbocycles. The van der Waals surface area contributed by atoms with E-state index in [1.807, 2.05) is 0 Å². The minimum atomic E-state index is -1.34. The summed E-state index contributed by atoms with van der Waals surface area (Å²) in [7, 11) is 1.60. The average molecular weight is 352 g/mol. The first kappa shape index (κ1) is 18.3. The number of amidine groups is 1. The molecule has 1 spiro atoms. The summed E-state index contributed by atoms with van der Waals surface area (Å²) < 4.78 is 5.05. The highest BCUT2D eigenvalue weighted by atomic mass is 16.5. The zero-order chi connectivity index (χ0) is 18.1. The first-order valence-corrected chi connectivity index (χ1v) is 8.99. The van der Waals surface area contributed by atoms with Crippen LogP contribution in [0.25, 0.3) is 0 Å². The van der Waals surface area contributed by atoms with Gasteiger partial charge in [0.15, 0.2) is 5.60 Å². The van der Waals surface area contributed by atoms with E-state index < -0.39 is 11.1 Å². The maximum Gasteiger partial charge on any atom is 0.255 e. The zero-order valence-corrected chi connectivity index (χ0v) is 15.1. The van der Waals surface area contributed by atoms with E-state index in [0.29, 0.717) is 64.4 Å². The molecular formula is C17H28N4O4. The summed E-state index contributed by atoms with van der Waals surface area (Å²) >= 11 is 0. The number of β-amino-alcohol motifs (C(OH)–C–C–N with tert-alkyl or cyclic N) is 1. The lowest BCUT2D eigenvalue weighted by Crippen LogP contribution is -2.60. The molecule has 3 rings (SSSR count). The van der Waals surface area contributed by atoms with Gasteiger partial charge in [-0.1, -0.05) is 0 Å². The molecular weight excluding hydrogens is 324 g/mol. The number of rotatable bonds is 5. The molecule has 0 bridgehead atoms. The van der Waals surface area contributed by atoms with E-state index in [-0.39, 0.29) is 11.8 Å². The van der Waals surface area contributed by atoms with Crippen LogP contribution in [0.4, 0.5) is 0 Å². The molecule has 0 aromatic carbocycles. The van der Waals surface area contributed by atoms with Crippen molar-refractivity contribution in [1.82, 2.24) is 15.1 Å². The second kappa shape index (κ2) is 7.01. The molecule has 3 heterocycles. The van der Waals surface area contributed by atoms with E-state index in [9.17, 15) is 14.7 Å². The van der Waals surface area contributed by atoms with Gasteiger partial charge in [-0.2, -0.15) is 0 Å². The van der Waals surface area contributed by atoms with Crippen molar-refractivity contribution in [2.45, 2.75) is 43.7 Å². The summed E-state index contributed by atoms with van der Waals surface area (Å²) in [5, 5.41) is 13.7. The fourth-order valence-corrected chi connectivity index (χ4v) is 4.10. The molecule has 2 fully saturated rings. The fourth-order valence-electron chi connectivity index (χ4n) is 4.10. The van der Waals surface area contributed by atoms with Crippen LogP contribution in [0.3, 0.4) is 0 Å². The Balaban J connectivity index is 1.59. The molecule has 8 nitrogen and oxygen atoms in total. The van der Waals surface area contributed by atoms with Crippen LogP contribution in [0.15, 0.2) is 4.99 Å². The Morgan fingerprint density at radius 1 is 1.24 bits per heavy atom. The molecule has 2 saturated heterocycles. The molecule has 2 N–H and O–H groups in total. The third-order valence-corrected chi connectivity index (χ3v) is 5.54. The number of methoxy groups -OCH3 is 1. The number of hydrogen-bond donors (Lipinski definition) is 2. The van der Waals surface area contributed by atoms with Crippen LogP contribution in [-0.2, 0) is 14.3 Å². The highest BCUT2D eigenvalue weighted by Gasteiger charge is 2.48. The van der Waals surface area contributed by atoms with Gasteiger partial charge in [-0.3, -0.25) is 19.5 Å². The van der Waals surface area contributed by atoms with E-state index in [1.54, 1.807) is 18.9 Å². The molecule has 140 valence electrons. The van der Waals surface area contributed by atoms with Crippen LogP contribution in [0.5, 0.6) is 0 Å². The summed E-state index contributed by atoms with van der Waals surface area (Å²) in [5.74, 6) is 0.444. The summed E-state index contributed by atoms with van der Waals surface area (Å²) in [6.07, 6.45) is 2.51. The van der Waals surface area contributed by atoms with Crippen molar-refractivity contribution in [2.75, 3.05) is 46.4 Å². The van der Waals surface area contributed by atoms with Gasteiger partial charge in [-0.15, -0.1) is 0 Å². The fraction of sp³-hybridized carbons (Fsp3) is 0.824. The third kappa shape index (κ3) is 3.56. The van der Waals surface area contributed by atoms with E-state index in [2.05, 4.69) is 15.2 Å². The van der Waals surface area contributed by atoms with E-state index in [1.165, 1.54) is 0 Å². The number of carbonyl (C=O) groups excluding carboxylic acids is 2. The number of nitrogens with zero attached hydrogens (tertiary/aromatic N) is 3. The highest BCUT2D eigenvalue weighted by Crippen LogP contribution is 2.32. The van der Waals surface area contributed by atoms with Crippen molar-refractivity contribution in [1.29, 1.82) is 0 Å². The van der Waals surface area contributed by atoms with Gasteiger partial charge in [0.1, 0.15) is 11.4 Å². The summed E-state index contributed by atoms with van der Waals surface area (Å²) in [4.78, 5) is 33.1. The number of amides is 2. The molecule has 0 aromatic rings. The normalized spacial score (nSPS) is 29.9. The summed E-state index contributed by atoms with van der Waals surface area (Å²) in [6, 6.07) is 0. The van der Waals surface area contributed by atoms with Crippen LogP contribution >= 0.6 is 0 Å². The first-order valence-electron chi connectivity index (χ1n) is 8.99. The summed E-state index contributed by atoms with van der Waals surface area (Å²) in [6.45, 7) is 5.07. The smallest absolute Gasteiger partial charge is 0.255 e. The lowest BCUT2D eigenvalue weighted by molar-refractivity contribution is -0.160. The minimum absolute atomic E-state index is 0.0251. The van der Waals surface area contributed by atoms with Crippen molar-refractivity contribution >= 4 is 17.6 Å². The second-order valence-electron chi connectivity index (χ2n) is 7.38. The van der Waals surface area contributed by atoms with Gasteiger partial charge in [-0.25, -0.2) is 0 Å². The Labute approximate surface area is 148 Å². The van der Waals surface area contributed by atoms with Crippen LogP contribution < -0.4 is 5.32 Å². The van der Waals surface area contributed by atoms with Crippen molar-refractivity contribution in [2.24, 2.45) is 4.99 Å². The lowest BCUT2D eigenvalue weighted by atomic mass is 9.86. The number of nitrogens with one attached hydrogen (secondary N) is 1. The zero-order valence-electron chi connectivity index (χ0n) is 15.1. The minimum Gasteiger partial charge on any atom is -0.383 e. The number of likely N-dealkylation sites (tertiary alicyclic amines) is 2. The number of hydrogen-bond acceptors (Lipinski definition) is 6. The van der Waals surface area contributed by atoms with E-state index in [4.69, 9.17) is 4.74 Å². The molecule has 2 amide bonds. The number of carbonyl (C=O) groups is 2. The first-order chi connectivity index (χ1) is 11.9. The number of aliphatic hydroxyl groups is 1. The van der Waals surface area contributed by atoms with E-state index in [0.717, 1.165) is 6.42 Å². The molecule has 3 aliphatic rings. The lowest BCUT2D eigenvalue weighted by Gasteiger charge is -2.43. The van der Waals surface area contributed by atoms with Crippen LogP contribution in [0, 0.1) is 0 Å². The number of piperidine rings is 2. The van der Waals surface area contributed by atoms with Gasteiger partial charge in [-0.05, 0) is 32.6 Å². The quantitative estimate of drug-likeness (QED) is 0.687. The Bertz CT molecular complexity index is 571. The monoisotopic (exact) mass is 352 g/mol. The Morgan fingerprint density at radius 3 is 2.56 bits per heavy atom. The van der Waals surface area contributed by atoms with Gasteiger partial charge in [0.05, 0.1) is 6.61 Å². The average Bonchev–Trinajstić information content (AvgIpc) is 2.85. The molecule has 0 aromatic heterocycles. The van der Waals surface area contributed by atoms with Crippen LogP contribution in [0.2, 0.25) is 0 Å². The van der Waals surface area contributed by atoms with Crippen LogP contribution in [-0.4, -0.2) is 90.1 Å². The standard InChI is InChI=1S/C17H28N4O4/c1-13-18-14(22)16(19-13)5-8-20(9-6-16)12-17(24)4-3-7-21(15(17)23)10-11-25-2/h24H,3-12H2,1-2H3,(H,18,19,22). The molecule has 1 atom stereocenters. The van der Waals surface area contributed by atoms with Crippen molar-refractivity contribution in [3.05, 3.63) is 0 Å².